The molecule has 1 atom stereocenters. The lowest BCUT2D eigenvalue weighted by Crippen LogP contribution is -2.41. The van der Waals surface area contributed by atoms with Gasteiger partial charge in [-0.3, -0.25) is 14.5 Å². The summed E-state index contributed by atoms with van der Waals surface area (Å²) >= 11 is 0. The molecule has 0 spiro atoms. The van der Waals surface area contributed by atoms with Crippen LogP contribution in [0.4, 0.5) is 13.2 Å². The number of carbonyl (C=O) groups excluding carboxylic acids is 1. The van der Waals surface area contributed by atoms with E-state index >= 15 is 0 Å². The minimum Gasteiger partial charge on any atom is -0.475 e. The molecule has 11 heteroatoms. The quantitative estimate of drug-likeness (QED) is 0.579. The third-order valence-electron chi connectivity index (χ3n) is 5.05. The highest BCUT2D eigenvalue weighted by Crippen LogP contribution is 2.25. The van der Waals surface area contributed by atoms with Gasteiger partial charge in [-0.15, -0.1) is 0 Å². The number of carboxylic acid groups (broad SMARTS) is 1. The Hall–Kier alpha value is -3.47. The van der Waals surface area contributed by atoms with Crippen molar-refractivity contribution in [2.75, 3.05) is 19.8 Å². The van der Waals surface area contributed by atoms with Gasteiger partial charge in [-0.25, -0.2) is 4.79 Å². The first kappa shape index (κ1) is 24.2. The van der Waals surface area contributed by atoms with Crippen molar-refractivity contribution in [2.24, 2.45) is 0 Å². The zero-order valence-corrected chi connectivity index (χ0v) is 17.8. The van der Waals surface area contributed by atoms with E-state index in [1.165, 1.54) is 0 Å². The van der Waals surface area contributed by atoms with Crippen LogP contribution in [0.25, 0.3) is 10.9 Å². The van der Waals surface area contributed by atoms with E-state index in [1.54, 1.807) is 12.4 Å². The van der Waals surface area contributed by atoms with Crippen LogP contribution in [0.5, 0.6) is 0 Å². The lowest BCUT2D eigenvalue weighted by molar-refractivity contribution is -0.192. The summed E-state index contributed by atoms with van der Waals surface area (Å²) < 4.78 is 39.3. The predicted molar refractivity (Wildman–Crippen MR) is 113 cm³/mol. The average Bonchev–Trinajstić information content (AvgIpc) is 3.27. The number of ether oxygens (including phenoxy) is 1. The minimum atomic E-state index is -5.08. The number of rotatable bonds is 5. The van der Waals surface area contributed by atoms with Crippen LogP contribution >= 0.6 is 0 Å². The molecule has 0 saturated carbocycles. The normalized spacial score (nSPS) is 15.5. The van der Waals surface area contributed by atoms with Crippen molar-refractivity contribution in [3.63, 3.8) is 0 Å². The molecule has 1 unspecified atom stereocenters. The highest BCUT2D eigenvalue weighted by Gasteiger charge is 2.38. The number of carbonyl (C=O) groups is 2. The Morgan fingerprint density at radius 3 is 2.67 bits per heavy atom. The fourth-order valence-electron chi connectivity index (χ4n) is 3.49. The summed E-state index contributed by atoms with van der Waals surface area (Å²) in [5.41, 5.74) is 2.58. The first-order valence-corrected chi connectivity index (χ1v) is 10.2. The van der Waals surface area contributed by atoms with Gasteiger partial charge in [0.05, 0.1) is 29.4 Å². The van der Waals surface area contributed by atoms with Crippen molar-refractivity contribution in [3.8, 4) is 0 Å². The first-order chi connectivity index (χ1) is 15.7. The van der Waals surface area contributed by atoms with Crippen LogP contribution in [0.2, 0.25) is 0 Å². The van der Waals surface area contributed by atoms with Crippen LogP contribution in [0, 0.1) is 0 Å². The van der Waals surface area contributed by atoms with E-state index in [2.05, 4.69) is 10.1 Å². The van der Waals surface area contributed by atoms with Crippen molar-refractivity contribution < 1.29 is 32.6 Å². The second-order valence-corrected chi connectivity index (χ2v) is 7.31. The van der Waals surface area contributed by atoms with Gasteiger partial charge in [-0.05, 0) is 31.5 Å². The van der Waals surface area contributed by atoms with E-state index in [0.29, 0.717) is 31.9 Å². The SMILES string of the molecule is CCOCCC1CN(C(=O)c2cnc3ccccc3c2)Cc2ccnn21.O=C(O)C(F)(F)F. The third kappa shape index (κ3) is 6.07. The topological polar surface area (TPSA) is 97.5 Å². The first-order valence-electron chi connectivity index (χ1n) is 10.2. The van der Waals surface area contributed by atoms with Gasteiger partial charge in [-0.1, -0.05) is 18.2 Å². The third-order valence-corrected chi connectivity index (χ3v) is 5.05. The highest BCUT2D eigenvalue weighted by molar-refractivity contribution is 5.97. The summed E-state index contributed by atoms with van der Waals surface area (Å²) in [6, 6.07) is 11.9. The number of benzene rings is 1. The van der Waals surface area contributed by atoms with Crippen molar-refractivity contribution in [2.45, 2.75) is 32.1 Å². The number of fused-ring (bicyclic) bond motifs is 2. The van der Waals surface area contributed by atoms with Crippen molar-refractivity contribution in [1.82, 2.24) is 19.7 Å². The van der Waals surface area contributed by atoms with Gasteiger partial charge in [-0.2, -0.15) is 18.3 Å². The number of carboxylic acids is 1. The van der Waals surface area contributed by atoms with E-state index in [1.807, 2.05) is 52.9 Å². The standard InChI is InChI=1S/C20H22N4O2.C2HF3O2/c1-2-26-10-8-18-14-23(13-17-7-9-22-24(17)18)20(25)16-11-15-5-3-4-6-19(15)21-12-16;3-2(4,5)1(6)7/h3-7,9,11-12,18H,2,8,10,13-14H2,1H3;(H,6,7). The average molecular weight is 464 g/mol. The molecule has 0 fully saturated rings. The van der Waals surface area contributed by atoms with E-state index < -0.39 is 12.1 Å². The molecule has 2 aromatic heterocycles. The number of halogens is 3. The Bertz CT molecular complexity index is 1120. The molecule has 0 saturated heterocycles. The van der Waals surface area contributed by atoms with Crippen LogP contribution in [-0.4, -0.2) is 62.6 Å². The molecule has 1 N–H and O–H groups in total. The maximum Gasteiger partial charge on any atom is 0.490 e. The Morgan fingerprint density at radius 2 is 1.97 bits per heavy atom. The molecule has 0 aliphatic carbocycles. The van der Waals surface area contributed by atoms with Crippen LogP contribution < -0.4 is 0 Å². The monoisotopic (exact) mass is 464 g/mol. The van der Waals surface area contributed by atoms with Crippen LogP contribution in [0.1, 0.15) is 35.4 Å². The van der Waals surface area contributed by atoms with E-state index in [0.717, 1.165) is 23.0 Å². The maximum atomic E-state index is 13.1. The molecule has 3 aromatic rings. The second kappa shape index (κ2) is 10.4. The zero-order valence-electron chi connectivity index (χ0n) is 17.8. The van der Waals surface area contributed by atoms with Crippen LogP contribution in [0.15, 0.2) is 48.8 Å². The van der Waals surface area contributed by atoms with E-state index in [-0.39, 0.29) is 11.9 Å². The molecular weight excluding hydrogens is 441 g/mol. The summed E-state index contributed by atoms with van der Waals surface area (Å²) in [4.78, 5) is 28.3. The van der Waals surface area contributed by atoms with E-state index in [4.69, 9.17) is 14.6 Å². The lowest BCUT2D eigenvalue weighted by Gasteiger charge is -2.34. The van der Waals surface area contributed by atoms with Gasteiger partial charge in [0.25, 0.3) is 5.91 Å². The molecule has 4 rings (SSSR count). The Morgan fingerprint density at radius 1 is 1.24 bits per heavy atom. The summed E-state index contributed by atoms with van der Waals surface area (Å²) in [6.45, 7) is 4.55. The summed E-state index contributed by atoms with van der Waals surface area (Å²) in [6.07, 6.45) is -0.775. The predicted octanol–water partition coefficient (Wildman–Crippen LogP) is 3.69. The van der Waals surface area contributed by atoms with Crippen molar-refractivity contribution in [1.29, 1.82) is 0 Å². The van der Waals surface area contributed by atoms with Crippen LogP contribution in [0.3, 0.4) is 0 Å². The van der Waals surface area contributed by atoms with Crippen molar-refractivity contribution >= 4 is 22.8 Å². The maximum absolute atomic E-state index is 13.1. The Labute approximate surface area is 187 Å². The molecule has 1 aliphatic heterocycles. The molecule has 1 aliphatic rings. The molecule has 0 radical (unpaired) electrons. The Kier molecular flexibility index (Phi) is 7.64. The smallest absolute Gasteiger partial charge is 0.475 e. The summed E-state index contributed by atoms with van der Waals surface area (Å²) in [5.74, 6) is -2.75. The number of aliphatic carboxylic acids is 1. The van der Waals surface area contributed by atoms with Gasteiger partial charge in [0.15, 0.2) is 0 Å². The lowest BCUT2D eigenvalue weighted by atomic mass is 10.1. The van der Waals surface area contributed by atoms with Gasteiger partial charge < -0.3 is 14.7 Å². The summed E-state index contributed by atoms with van der Waals surface area (Å²) in [7, 11) is 0. The number of aromatic nitrogens is 3. The van der Waals surface area contributed by atoms with Crippen LogP contribution in [-0.2, 0) is 16.1 Å². The molecule has 3 heterocycles. The molecule has 176 valence electrons. The molecule has 0 bridgehead atoms. The number of nitrogens with zero attached hydrogens (tertiary/aromatic N) is 4. The van der Waals surface area contributed by atoms with E-state index in [9.17, 15) is 18.0 Å². The van der Waals surface area contributed by atoms with Gasteiger partial charge >= 0.3 is 12.1 Å². The fraction of sp³-hybridized carbons (Fsp3) is 0.364. The number of pyridine rings is 1. The molecule has 33 heavy (non-hydrogen) atoms. The van der Waals surface area contributed by atoms with Crippen molar-refractivity contribution in [3.05, 3.63) is 60.0 Å². The molecule has 1 aromatic carbocycles. The number of alkyl halides is 3. The largest absolute Gasteiger partial charge is 0.490 e. The van der Waals surface area contributed by atoms with Gasteiger partial charge in [0.1, 0.15) is 0 Å². The Balaban J connectivity index is 0.000000383. The number of amides is 1. The minimum absolute atomic E-state index is 0.0112. The zero-order chi connectivity index (χ0) is 24.0. The number of hydrogen-bond acceptors (Lipinski definition) is 5. The molecule has 1 amide bonds. The molecular formula is C22H23F3N4O4. The number of hydrogen-bond donors (Lipinski definition) is 1. The summed E-state index contributed by atoms with van der Waals surface area (Å²) in [5, 5.41) is 12.5. The highest BCUT2D eigenvalue weighted by atomic mass is 19.4. The molecule has 8 nitrogen and oxygen atoms in total. The fourth-order valence-corrected chi connectivity index (χ4v) is 3.49. The number of para-hydroxylation sites is 1. The van der Waals surface area contributed by atoms with Gasteiger partial charge in [0, 0.05) is 37.5 Å². The van der Waals surface area contributed by atoms with Gasteiger partial charge in [0.2, 0.25) is 0 Å². The second-order valence-electron chi connectivity index (χ2n) is 7.31.